The Labute approximate surface area is 117 Å². The van der Waals surface area contributed by atoms with Gasteiger partial charge in [0, 0.05) is 19.4 Å². The first-order chi connectivity index (χ1) is 9.00. The molecule has 0 saturated heterocycles. The molecular weight excluding hydrogens is 258 g/mol. The van der Waals surface area contributed by atoms with E-state index in [1.54, 1.807) is 6.20 Å². The Morgan fingerprint density at radius 1 is 1.47 bits per heavy atom. The van der Waals surface area contributed by atoms with Gasteiger partial charge in [-0.2, -0.15) is 0 Å². The van der Waals surface area contributed by atoms with Gasteiger partial charge < -0.3 is 9.88 Å². The lowest BCUT2D eigenvalue weighted by Gasteiger charge is -2.22. The third kappa shape index (κ3) is 2.87. The minimum absolute atomic E-state index is 0.0193. The molecule has 0 bridgehead atoms. The first-order valence-corrected chi connectivity index (χ1v) is 7.21. The van der Waals surface area contributed by atoms with Gasteiger partial charge in [0.1, 0.15) is 5.82 Å². The van der Waals surface area contributed by atoms with Gasteiger partial charge in [0.2, 0.25) is 0 Å². The highest BCUT2D eigenvalue weighted by Crippen LogP contribution is 2.22. The van der Waals surface area contributed by atoms with Crippen molar-refractivity contribution in [3.8, 4) is 0 Å². The number of carbonyl (C=O) groups is 1. The van der Waals surface area contributed by atoms with Gasteiger partial charge in [-0.3, -0.25) is 4.79 Å². The fourth-order valence-corrected chi connectivity index (χ4v) is 2.85. The van der Waals surface area contributed by atoms with E-state index >= 15 is 0 Å². The SMILES string of the molecule is Cc1ccsc1C(=O)N[C@@H](c1nccn1C)C(C)C. The molecule has 0 fully saturated rings. The normalized spacial score (nSPS) is 12.7. The van der Waals surface area contributed by atoms with E-state index in [1.165, 1.54) is 11.3 Å². The molecule has 0 aliphatic carbocycles. The lowest BCUT2D eigenvalue weighted by Crippen LogP contribution is -2.33. The summed E-state index contributed by atoms with van der Waals surface area (Å²) >= 11 is 1.47. The standard InChI is InChI=1S/C14H19N3OS/c1-9(2)11(13-15-6-7-17(13)4)16-14(18)12-10(3)5-8-19-12/h5-9,11H,1-4H3,(H,16,18)/t11-/m1/s1. The molecule has 2 aromatic rings. The van der Waals surface area contributed by atoms with Crippen LogP contribution < -0.4 is 5.32 Å². The molecule has 0 aliphatic rings. The van der Waals surface area contributed by atoms with Gasteiger partial charge in [0.05, 0.1) is 10.9 Å². The molecule has 1 N–H and O–H groups in total. The number of rotatable bonds is 4. The maximum atomic E-state index is 12.3. The maximum Gasteiger partial charge on any atom is 0.262 e. The number of aromatic nitrogens is 2. The molecule has 0 unspecified atom stereocenters. The molecular formula is C14H19N3OS. The average molecular weight is 277 g/mol. The quantitative estimate of drug-likeness (QED) is 0.934. The summed E-state index contributed by atoms with van der Waals surface area (Å²) in [6.07, 6.45) is 3.65. The second-order valence-electron chi connectivity index (χ2n) is 5.02. The Morgan fingerprint density at radius 2 is 2.21 bits per heavy atom. The number of aryl methyl sites for hydroxylation is 2. The fraction of sp³-hybridized carbons (Fsp3) is 0.429. The smallest absolute Gasteiger partial charge is 0.262 e. The highest BCUT2D eigenvalue weighted by Gasteiger charge is 2.23. The van der Waals surface area contributed by atoms with Gasteiger partial charge in [-0.25, -0.2) is 4.98 Å². The van der Waals surface area contributed by atoms with Crippen molar-refractivity contribution in [2.75, 3.05) is 0 Å². The predicted octanol–water partition coefficient (Wildman–Crippen LogP) is 2.92. The van der Waals surface area contributed by atoms with Crippen LogP contribution in [0.3, 0.4) is 0 Å². The maximum absolute atomic E-state index is 12.3. The summed E-state index contributed by atoms with van der Waals surface area (Å²) in [5.74, 6) is 1.15. The fourth-order valence-electron chi connectivity index (χ4n) is 2.02. The summed E-state index contributed by atoms with van der Waals surface area (Å²) in [5.41, 5.74) is 1.02. The first kappa shape index (κ1) is 13.8. The van der Waals surface area contributed by atoms with Crippen molar-refractivity contribution in [2.24, 2.45) is 13.0 Å². The largest absolute Gasteiger partial charge is 0.341 e. The molecule has 2 heterocycles. The van der Waals surface area contributed by atoms with Crippen molar-refractivity contribution in [1.82, 2.24) is 14.9 Å². The first-order valence-electron chi connectivity index (χ1n) is 6.33. The molecule has 0 radical (unpaired) electrons. The van der Waals surface area contributed by atoms with E-state index in [4.69, 9.17) is 0 Å². The summed E-state index contributed by atoms with van der Waals surface area (Å²) in [4.78, 5) is 17.4. The third-order valence-electron chi connectivity index (χ3n) is 3.16. The highest BCUT2D eigenvalue weighted by molar-refractivity contribution is 7.12. The minimum atomic E-state index is -0.0750. The zero-order chi connectivity index (χ0) is 14.0. The van der Waals surface area contributed by atoms with E-state index < -0.39 is 0 Å². The minimum Gasteiger partial charge on any atom is -0.341 e. The van der Waals surface area contributed by atoms with Crippen LogP contribution in [0.15, 0.2) is 23.8 Å². The third-order valence-corrected chi connectivity index (χ3v) is 4.17. The van der Waals surface area contributed by atoms with Gasteiger partial charge in [0.15, 0.2) is 0 Å². The summed E-state index contributed by atoms with van der Waals surface area (Å²) in [6.45, 7) is 6.12. The van der Waals surface area contributed by atoms with Crippen molar-refractivity contribution in [2.45, 2.75) is 26.8 Å². The van der Waals surface area contributed by atoms with Crippen molar-refractivity contribution in [3.63, 3.8) is 0 Å². The molecule has 0 spiro atoms. The number of carbonyl (C=O) groups excluding carboxylic acids is 1. The van der Waals surface area contributed by atoms with Crippen LogP contribution >= 0.6 is 11.3 Å². The van der Waals surface area contributed by atoms with Crippen molar-refractivity contribution >= 4 is 17.2 Å². The zero-order valence-electron chi connectivity index (χ0n) is 11.7. The van der Waals surface area contributed by atoms with Crippen LogP contribution in [0.4, 0.5) is 0 Å². The highest BCUT2D eigenvalue weighted by atomic mass is 32.1. The van der Waals surface area contributed by atoms with Gasteiger partial charge in [-0.15, -0.1) is 11.3 Å². The van der Waals surface area contributed by atoms with E-state index in [-0.39, 0.29) is 17.9 Å². The number of hydrogen-bond donors (Lipinski definition) is 1. The average Bonchev–Trinajstić information content (AvgIpc) is 2.94. The zero-order valence-corrected chi connectivity index (χ0v) is 12.5. The molecule has 0 aliphatic heterocycles. The van der Waals surface area contributed by atoms with E-state index in [1.807, 2.05) is 36.2 Å². The van der Waals surface area contributed by atoms with Crippen molar-refractivity contribution in [3.05, 3.63) is 40.1 Å². The van der Waals surface area contributed by atoms with Gasteiger partial charge in [-0.05, 0) is 29.9 Å². The summed E-state index contributed by atoms with van der Waals surface area (Å²) < 4.78 is 1.95. The van der Waals surface area contributed by atoms with Crippen LogP contribution in [-0.2, 0) is 7.05 Å². The number of nitrogens with one attached hydrogen (secondary N) is 1. The molecule has 19 heavy (non-hydrogen) atoms. The van der Waals surface area contributed by atoms with Crippen LogP contribution in [-0.4, -0.2) is 15.5 Å². The van der Waals surface area contributed by atoms with Gasteiger partial charge in [-0.1, -0.05) is 13.8 Å². The lowest BCUT2D eigenvalue weighted by atomic mass is 10.0. The van der Waals surface area contributed by atoms with Gasteiger partial charge >= 0.3 is 0 Å². The number of hydrogen-bond acceptors (Lipinski definition) is 3. The van der Waals surface area contributed by atoms with Crippen LogP contribution in [0.5, 0.6) is 0 Å². The van der Waals surface area contributed by atoms with Crippen LogP contribution in [0.2, 0.25) is 0 Å². The lowest BCUT2D eigenvalue weighted by molar-refractivity contribution is 0.0926. The van der Waals surface area contributed by atoms with E-state index in [0.29, 0.717) is 0 Å². The molecule has 0 saturated carbocycles. The number of nitrogens with zero attached hydrogens (tertiary/aromatic N) is 2. The molecule has 4 nitrogen and oxygen atoms in total. The Hall–Kier alpha value is -1.62. The summed E-state index contributed by atoms with van der Waals surface area (Å²) in [5, 5.41) is 5.03. The molecule has 0 aromatic carbocycles. The molecule has 5 heteroatoms. The second-order valence-corrected chi connectivity index (χ2v) is 5.94. The van der Waals surface area contributed by atoms with Crippen molar-refractivity contribution in [1.29, 1.82) is 0 Å². The molecule has 102 valence electrons. The second kappa shape index (κ2) is 5.57. The van der Waals surface area contributed by atoms with Crippen LogP contribution in [0.25, 0.3) is 0 Å². The van der Waals surface area contributed by atoms with E-state index in [9.17, 15) is 4.79 Å². The van der Waals surface area contributed by atoms with E-state index in [0.717, 1.165) is 16.3 Å². The van der Waals surface area contributed by atoms with Crippen molar-refractivity contribution < 1.29 is 4.79 Å². The number of thiophene rings is 1. The molecule has 2 aromatic heterocycles. The van der Waals surface area contributed by atoms with Gasteiger partial charge in [0.25, 0.3) is 5.91 Å². The Kier molecular flexibility index (Phi) is 4.04. The monoisotopic (exact) mass is 277 g/mol. The predicted molar refractivity (Wildman–Crippen MR) is 77.3 cm³/mol. The summed E-state index contributed by atoms with van der Waals surface area (Å²) in [7, 11) is 1.94. The Balaban J connectivity index is 2.21. The van der Waals surface area contributed by atoms with Crippen LogP contribution in [0.1, 0.15) is 40.9 Å². The topological polar surface area (TPSA) is 46.9 Å². The van der Waals surface area contributed by atoms with Crippen LogP contribution in [0, 0.1) is 12.8 Å². The molecule has 1 atom stereocenters. The number of amides is 1. The Morgan fingerprint density at radius 3 is 2.68 bits per heavy atom. The summed E-state index contributed by atoms with van der Waals surface area (Å²) in [6, 6.07) is 1.89. The Bertz CT molecular complexity index is 571. The molecule has 1 amide bonds. The number of imidazole rings is 1. The van der Waals surface area contributed by atoms with E-state index in [2.05, 4.69) is 24.1 Å². The molecule has 2 rings (SSSR count).